The molecule has 0 spiro atoms. The molecular formula is C27H52N3O+. The first kappa shape index (κ1) is 27.9. The van der Waals surface area contributed by atoms with Crippen molar-refractivity contribution in [1.29, 1.82) is 0 Å². The molecule has 180 valence electrons. The van der Waals surface area contributed by atoms with Gasteiger partial charge in [-0.2, -0.15) is 0 Å². The Kier molecular flexibility index (Phi) is 15.6. The van der Waals surface area contributed by atoms with Gasteiger partial charge in [-0.25, -0.2) is 4.99 Å². The summed E-state index contributed by atoms with van der Waals surface area (Å²) in [6.45, 7) is 10.2. The van der Waals surface area contributed by atoms with Gasteiger partial charge < -0.3 is 5.32 Å². The molecule has 1 N–H and O–H groups in total. The number of amides is 1. The highest BCUT2D eigenvalue weighted by Gasteiger charge is 2.42. The number of carbonyl (C=O) groups excluding carboxylic acids is 1. The van der Waals surface area contributed by atoms with Gasteiger partial charge >= 0.3 is 0 Å². The van der Waals surface area contributed by atoms with Crippen molar-refractivity contribution in [2.75, 3.05) is 13.1 Å². The Morgan fingerprint density at radius 1 is 0.968 bits per heavy atom. The molecule has 1 rings (SSSR count). The highest BCUT2D eigenvalue weighted by atomic mass is 16.1. The maximum absolute atomic E-state index is 11.5. The summed E-state index contributed by atoms with van der Waals surface area (Å²) in [6.07, 6.45) is 27.3. The van der Waals surface area contributed by atoms with Gasteiger partial charge in [0.1, 0.15) is 6.54 Å². The first-order valence-electron chi connectivity index (χ1n) is 13.4. The zero-order chi connectivity index (χ0) is 22.8. The van der Waals surface area contributed by atoms with E-state index in [0.717, 1.165) is 24.0 Å². The molecule has 3 atom stereocenters. The lowest BCUT2D eigenvalue weighted by Crippen LogP contribution is -2.63. The minimum absolute atomic E-state index is 0.0579. The van der Waals surface area contributed by atoms with Gasteiger partial charge in [-0.3, -0.25) is 9.28 Å². The van der Waals surface area contributed by atoms with Crippen LogP contribution in [0.25, 0.3) is 0 Å². The Balaban J connectivity index is 2.03. The average Bonchev–Trinajstić information content (AvgIpc) is 3.17. The Morgan fingerprint density at radius 2 is 1.52 bits per heavy atom. The van der Waals surface area contributed by atoms with E-state index in [9.17, 15) is 4.79 Å². The summed E-state index contributed by atoms with van der Waals surface area (Å²) in [4.78, 5) is 16.3. The number of hydrogen-bond donors (Lipinski definition) is 1. The van der Waals surface area contributed by atoms with E-state index >= 15 is 0 Å². The van der Waals surface area contributed by atoms with E-state index in [2.05, 4.69) is 44.5 Å². The van der Waals surface area contributed by atoms with Gasteiger partial charge in [-0.15, -0.1) is 0 Å². The molecule has 1 aliphatic heterocycles. The smallest absolute Gasteiger partial charge is 0.221 e. The fourth-order valence-electron chi connectivity index (χ4n) is 4.93. The van der Waals surface area contributed by atoms with Crippen LogP contribution in [0.3, 0.4) is 0 Å². The monoisotopic (exact) mass is 434 g/mol. The van der Waals surface area contributed by atoms with Crippen molar-refractivity contribution in [1.82, 2.24) is 5.32 Å². The van der Waals surface area contributed by atoms with E-state index in [1.54, 1.807) is 6.92 Å². The summed E-state index contributed by atoms with van der Waals surface area (Å²) in [6, 6.07) is 0. The van der Waals surface area contributed by atoms with Gasteiger partial charge in [0.15, 0.2) is 12.3 Å². The molecule has 0 bridgehead atoms. The number of carbonyl (C=O) groups is 1. The van der Waals surface area contributed by atoms with Crippen molar-refractivity contribution in [3.8, 4) is 0 Å². The van der Waals surface area contributed by atoms with Gasteiger partial charge in [0.2, 0.25) is 5.91 Å². The van der Waals surface area contributed by atoms with Crippen LogP contribution in [0.1, 0.15) is 124 Å². The van der Waals surface area contributed by atoms with E-state index in [1.807, 2.05) is 0 Å². The van der Waals surface area contributed by atoms with Crippen LogP contribution in [-0.2, 0) is 4.79 Å². The molecular weight excluding hydrogens is 382 g/mol. The van der Waals surface area contributed by atoms with E-state index < -0.39 is 0 Å². The third-order valence-electron chi connectivity index (χ3n) is 7.04. The number of allylic oxidation sites excluding steroid dienone is 2. The van der Waals surface area contributed by atoms with E-state index in [1.165, 1.54) is 89.9 Å². The van der Waals surface area contributed by atoms with Crippen LogP contribution >= 0.6 is 0 Å². The summed E-state index contributed by atoms with van der Waals surface area (Å²) in [7, 11) is 0. The second kappa shape index (κ2) is 17.4. The van der Waals surface area contributed by atoms with E-state index in [0.29, 0.717) is 6.17 Å². The molecule has 4 heteroatoms. The van der Waals surface area contributed by atoms with Crippen LogP contribution < -0.4 is 5.32 Å². The Morgan fingerprint density at radius 3 is 2.06 bits per heavy atom. The van der Waals surface area contributed by atoms with Crippen molar-refractivity contribution in [3.63, 3.8) is 0 Å². The van der Waals surface area contributed by atoms with Crippen LogP contribution in [0.5, 0.6) is 0 Å². The van der Waals surface area contributed by atoms with Gasteiger partial charge in [0, 0.05) is 20.3 Å². The molecule has 0 radical (unpaired) electrons. The second-order valence-electron chi connectivity index (χ2n) is 9.52. The van der Waals surface area contributed by atoms with Crippen LogP contribution in [-0.4, -0.2) is 42.0 Å². The fourth-order valence-corrected chi connectivity index (χ4v) is 4.93. The third kappa shape index (κ3) is 11.3. The second-order valence-corrected chi connectivity index (χ2v) is 9.52. The molecule has 0 saturated heterocycles. The molecule has 0 aromatic heterocycles. The Labute approximate surface area is 193 Å². The molecule has 1 heterocycles. The van der Waals surface area contributed by atoms with Crippen molar-refractivity contribution in [3.05, 3.63) is 12.2 Å². The Hall–Kier alpha value is -1.16. The van der Waals surface area contributed by atoms with Gasteiger partial charge in [-0.1, -0.05) is 76.9 Å². The number of nitrogens with zero attached hydrogens (tertiary/aromatic N) is 2. The highest BCUT2D eigenvalue weighted by molar-refractivity contribution is 5.73. The molecule has 0 aliphatic carbocycles. The number of nitrogens with one attached hydrogen (secondary N) is 1. The molecule has 1 aliphatic rings. The maximum Gasteiger partial charge on any atom is 0.221 e. The number of quaternary nitrogens is 1. The summed E-state index contributed by atoms with van der Waals surface area (Å²) >= 11 is 0. The first-order chi connectivity index (χ1) is 15.1. The van der Waals surface area contributed by atoms with Crippen LogP contribution in [0.2, 0.25) is 0 Å². The lowest BCUT2D eigenvalue weighted by atomic mass is 10.0. The highest BCUT2D eigenvalue weighted by Crippen LogP contribution is 2.27. The fraction of sp³-hybridized carbons (Fsp3) is 0.852. The SMILES string of the molecule is CCCCCC/C=C/CCCCCCCCCCC1N=CC[N+]1(CC)C(C)NC(C)=O. The number of aliphatic imine (C=N–C) groups is 1. The minimum Gasteiger partial charge on any atom is -0.307 e. The molecule has 0 saturated carbocycles. The van der Waals surface area contributed by atoms with Crippen molar-refractivity contribution in [2.45, 2.75) is 136 Å². The van der Waals surface area contributed by atoms with Crippen molar-refractivity contribution < 1.29 is 9.28 Å². The third-order valence-corrected chi connectivity index (χ3v) is 7.04. The van der Waals surface area contributed by atoms with Gasteiger partial charge in [0.05, 0.1) is 12.8 Å². The summed E-state index contributed by atoms with van der Waals surface area (Å²) in [5, 5.41) is 3.11. The van der Waals surface area contributed by atoms with Gasteiger partial charge in [0.25, 0.3) is 0 Å². The molecule has 0 aromatic carbocycles. The van der Waals surface area contributed by atoms with Crippen molar-refractivity contribution in [2.24, 2.45) is 4.99 Å². The predicted octanol–water partition coefficient (Wildman–Crippen LogP) is 7.14. The number of unbranched alkanes of at least 4 members (excludes halogenated alkanes) is 12. The zero-order valence-electron chi connectivity index (χ0n) is 21.2. The maximum atomic E-state index is 11.5. The predicted molar refractivity (Wildman–Crippen MR) is 135 cm³/mol. The summed E-state index contributed by atoms with van der Waals surface area (Å²) in [5.41, 5.74) is 0. The van der Waals surface area contributed by atoms with Gasteiger partial charge in [-0.05, 0) is 39.0 Å². The summed E-state index contributed by atoms with van der Waals surface area (Å²) < 4.78 is 0.882. The lowest BCUT2D eigenvalue weighted by Gasteiger charge is -2.42. The van der Waals surface area contributed by atoms with Crippen LogP contribution in [0, 0.1) is 0 Å². The molecule has 0 aromatic rings. The molecule has 31 heavy (non-hydrogen) atoms. The zero-order valence-corrected chi connectivity index (χ0v) is 21.2. The van der Waals surface area contributed by atoms with Crippen molar-refractivity contribution >= 4 is 12.1 Å². The largest absolute Gasteiger partial charge is 0.307 e. The minimum atomic E-state index is 0.0579. The quantitative estimate of drug-likeness (QED) is 0.131. The number of hydrogen-bond acceptors (Lipinski definition) is 2. The standard InChI is InChI=1S/C27H51N3O/c1-5-7-8-9-10-11-12-13-14-15-16-17-18-19-20-21-22-27-28-23-24-30(27,6-2)25(3)29-26(4)31/h11-12,23,25,27H,5-10,13-22,24H2,1-4H3/p+1/b12-11+. The molecule has 4 nitrogen and oxygen atoms in total. The number of rotatable bonds is 19. The van der Waals surface area contributed by atoms with Crippen LogP contribution in [0.15, 0.2) is 17.1 Å². The first-order valence-corrected chi connectivity index (χ1v) is 13.4. The lowest BCUT2D eigenvalue weighted by molar-refractivity contribution is -0.959. The van der Waals surface area contributed by atoms with Crippen LogP contribution in [0.4, 0.5) is 0 Å². The topological polar surface area (TPSA) is 41.5 Å². The molecule has 3 unspecified atom stereocenters. The average molecular weight is 435 g/mol. The molecule has 1 amide bonds. The van der Waals surface area contributed by atoms with E-state index in [-0.39, 0.29) is 12.1 Å². The van der Waals surface area contributed by atoms with E-state index in [4.69, 9.17) is 4.99 Å². The molecule has 0 fully saturated rings. The normalized spacial score (nSPS) is 21.7. The summed E-state index contributed by atoms with van der Waals surface area (Å²) in [5.74, 6) is 0.0579. The Bertz CT molecular complexity index is 517.